The summed E-state index contributed by atoms with van der Waals surface area (Å²) in [4.78, 5) is 2.65. The van der Waals surface area contributed by atoms with Gasteiger partial charge in [-0.25, -0.2) is 8.42 Å². The van der Waals surface area contributed by atoms with Crippen LogP contribution in [-0.2, 0) is 16.6 Å². The molecule has 0 atom stereocenters. The van der Waals surface area contributed by atoms with E-state index in [-0.39, 0.29) is 0 Å². The molecular weight excluding hydrogens is 396 g/mol. The third-order valence-electron chi connectivity index (χ3n) is 5.27. The monoisotopic (exact) mass is 422 g/mol. The predicted molar refractivity (Wildman–Crippen MR) is 118 cm³/mol. The molecule has 0 saturated carbocycles. The van der Waals surface area contributed by atoms with Gasteiger partial charge in [0.05, 0.1) is 4.90 Å². The van der Waals surface area contributed by atoms with E-state index in [0.29, 0.717) is 31.1 Å². The normalized spacial score (nSPS) is 15.8. The SMILES string of the molecule is Cc1ccc(S(=O)(=O)N2CCN(Cc3cccc(Oc4ccccc4)c3)CC2)cc1. The van der Waals surface area contributed by atoms with E-state index in [1.54, 1.807) is 16.4 Å². The summed E-state index contributed by atoms with van der Waals surface area (Å²) in [6.45, 7) is 5.12. The van der Waals surface area contributed by atoms with Crippen molar-refractivity contribution >= 4 is 10.0 Å². The maximum atomic E-state index is 12.9. The van der Waals surface area contributed by atoms with E-state index in [9.17, 15) is 8.42 Å². The quantitative estimate of drug-likeness (QED) is 0.595. The van der Waals surface area contributed by atoms with Crippen molar-refractivity contribution in [3.63, 3.8) is 0 Å². The zero-order valence-corrected chi connectivity index (χ0v) is 17.9. The lowest BCUT2D eigenvalue weighted by Gasteiger charge is -2.34. The number of aryl methyl sites for hydroxylation is 1. The maximum Gasteiger partial charge on any atom is 0.243 e. The van der Waals surface area contributed by atoms with Crippen molar-refractivity contribution in [2.45, 2.75) is 18.4 Å². The minimum absolute atomic E-state index is 0.368. The smallest absolute Gasteiger partial charge is 0.243 e. The van der Waals surface area contributed by atoms with Crippen LogP contribution in [-0.4, -0.2) is 43.8 Å². The summed E-state index contributed by atoms with van der Waals surface area (Å²) in [5.74, 6) is 1.61. The fraction of sp³-hybridized carbons (Fsp3) is 0.250. The number of nitrogens with zero attached hydrogens (tertiary/aromatic N) is 2. The minimum atomic E-state index is -3.43. The molecule has 0 spiro atoms. The van der Waals surface area contributed by atoms with E-state index >= 15 is 0 Å². The lowest BCUT2D eigenvalue weighted by Crippen LogP contribution is -2.48. The first-order valence-electron chi connectivity index (χ1n) is 10.1. The Morgan fingerprint density at radius 3 is 2.17 bits per heavy atom. The fourth-order valence-electron chi connectivity index (χ4n) is 3.58. The van der Waals surface area contributed by atoms with Crippen LogP contribution in [0.4, 0.5) is 0 Å². The number of sulfonamides is 1. The Morgan fingerprint density at radius 1 is 0.800 bits per heavy atom. The molecule has 0 unspecified atom stereocenters. The van der Waals surface area contributed by atoms with E-state index in [0.717, 1.165) is 29.2 Å². The van der Waals surface area contributed by atoms with Gasteiger partial charge in [0, 0.05) is 32.7 Å². The van der Waals surface area contributed by atoms with Gasteiger partial charge in [-0.3, -0.25) is 4.90 Å². The summed E-state index contributed by atoms with van der Waals surface area (Å²) in [6, 6.07) is 24.8. The molecule has 30 heavy (non-hydrogen) atoms. The molecule has 6 heteroatoms. The fourth-order valence-corrected chi connectivity index (χ4v) is 5.00. The number of ether oxygens (including phenoxy) is 1. The Balaban J connectivity index is 1.36. The van der Waals surface area contributed by atoms with Crippen LogP contribution in [0.3, 0.4) is 0 Å². The number of hydrogen-bond acceptors (Lipinski definition) is 4. The van der Waals surface area contributed by atoms with Crippen LogP contribution in [0, 0.1) is 6.92 Å². The zero-order chi connectivity index (χ0) is 21.0. The summed E-state index contributed by atoms with van der Waals surface area (Å²) in [6.07, 6.45) is 0. The molecule has 0 amide bonds. The molecule has 0 bridgehead atoms. The second kappa shape index (κ2) is 9.00. The van der Waals surface area contributed by atoms with Crippen LogP contribution in [0.15, 0.2) is 83.8 Å². The van der Waals surface area contributed by atoms with Crippen LogP contribution in [0.25, 0.3) is 0 Å². The van der Waals surface area contributed by atoms with Crippen molar-refractivity contribution in [3.8, 4) is 11.5 Å². The van der Waals surface area contributed by atoms with Crippen LogP contribution in [0.5, 0.6) is 11.5 Å². The van der Waals surface area contributed by atoms with Gasteiger partial charge in [-0.05, 0) is 48.9 Å². The highest BCUT2D eigenvalue weighted by atomic mass is 32.2. The van der Waals surface area contributed by atoms with E-state index in [1.165, 1.54) is 0 Å². The molecule has 0 radical (unpaired) electrons. The lowest BCUT2D eigenvalue weighted by molar-refractivity contribution is 0.181. The second-order valence-corrected chi connectivity index (χ2v) is 9.49. The van der Waals surface area contributed by atoms with Crippen molar-refractivity contribution in [1.82, 2.24) is 9.21 Å². The van der Waals surface area contributed by atoms with Crippen LogP contribution in [0.2, 0.25) is 0 Å². The molecule has 156 valence electrons. The van der Waals surface area contributed by atoms with Gasteiger partial charge < -0.3 is 4.74 Å². The topological polar surface area (TPSA) is 49.9 Å². The van der Waals surface area contributed by atoms with Gasteiger partial charge in [0.2, 0.25) is 10.0 Å². The minimum Gasteiger partial charge on any atom is -0.457 e. The molecule has 3 aromatic carbocycles. The third-order valence-corrected chi connectivity index (χ3v) is 7.19. The number of rotatable bonds is 6. The number of benzene rings is 3. The highest BCUT2D eigenvalue weighted by Gasteiger charge is 2.28. The third kappa shape index (κ3) is 4.90. The van der Waals surface area contributed by atoms with Gasteiger partial charge >= 0.3 is 0 Å². The zero-order valence-electron chi connectivity index (χ0n) is 17.1. The van der Waals surface area contributed by atoms with E-state index in [1.807, 2.05) is 67.6 Å². The van der Waals surface area contributed by atoms with Crippen LogP contribution < -0.4 is 4.74 Å². The van der Waals surface area contributed by atoms with Crippen LogP contribution in [0.1, 0.15) is 11.1 Å². The highest BCUT2D eigenvalue weighted by molar-refractivity contribution is 7.89. The van der Waals surface area contributed by atoms with E-state index in [2.05, 4.69) is 11.0 Å². The first-order valence-corrected chi connectivity index (χ1v) is 11.6. The Labute approximate surface area is 178 Å². The molecule has 1 aliphatic heterocycles. The van der Waals surface area contributed by atoms with Crippen molar-refractivity contribution in [2.24, 2.45) is 0 Å². The summed E-state index contributed by atoms with van der Waals surface area (Å²) in [5.41, 5.74) is 2.20. The van der Waals surface area contributed by atoms with Gasteiger partial charge in [0.25, 0.3) is 0 Å². The highest BCUT2D eigenvalue weighted by Crippen LogP contribution is 2.23. The summed E-state index contributed by atoms with van der Waals surface area (Å²) in [5, 5.41) is 0. The molecule has 1 saturated heterocycles. The molecule has 1 aliphatic rings. The van der Waals surface area contributed by atoms with Crippen molar-refractivity contribution in [1.29, 1.82) is 0 Å². The molecule has 3 aromatic rings. The molecule has 0 aliphatic carbocycles. The summed E-state index contributed by atoms with van der Waals surface area (Å²) in [7, 11) is -3.43. The van der Waals surface area contributed by atoms with Crippen LogP contribution >= 0.6 is 0 Å². The average molecular weight is 423 g/mol. The standard InChI is InChI=1S/C24H26N2O3S/c1-20-10-12-24(13-11-20)30(27,28)26-16-14-25(15-17-26)19-21-6-5-9-23(18-21)29-22-7-3-2-4-8-22/h2-13,18H,14-17,19H2,1H3. The molecule has 1 heterocycles. The molecule has 0 N–H and O–H groups in total. The largest absolute Gasteiger partial charge is 0.457 e. The Kier molecular flexibility index (Phi) is 6.18. The van der Waals surface area contributed by atoms with Gasteiger partial charge in [-0.15, -0.1) is 0 Å². The van der Waals surface area contributed by atoms with E-state index in [4.69, 9.17) is 4.74 Å². The van der Waals surface area contributed by atoms with E-state index < -0.39 is 10.0 Å². The number of hydrogen-bond donors (Lipinski definition) is 0. The summed E-state index contributed by atoms with van der Waals surface area (Å²) < 4.78 is 33.3. The first kappa shape index (κ1) is 20.6. The molecule has 5 nitrogen and oxygen atoms in total. The molecular formula is C24H26N2O3S. The first-order chi connectivity index (χ1) is 14.5. The average Bonchev–Trinajstić information content (AvgIpc) is 2.75. The summed E-state index contributed by atoms with van der Waals surface area (Å²) >= 11 is 0. The van der Waals surface area contributed by atoms with Gasteiger partial charge in [0.15, 0.2) is 0 Å². The number of para-hydroxylation sites is 1. The van der Waals surface area contributed by atoms with Crippen molar-refractivity contribution < 1.29 is 13.2 Å². The van der Waals surface area contributed by atoms with Gasteiger partial charge in [-0.1, -0.05) is 48.0 Å². The Bertz CT molecular complexity index is 1070. The number of piperazine rings is 1. The molecule has 4 rings (SSSR count). The molecule has 1 fully saturated rings. The van der Waals surface area contributed by atoms with Gasteiger partial charge in [0.1, 0.15) is 11.5 Å². The predicted octanol–water partition coefficient (Wildman–Crippen LogP) is 4.29. The van der Waals surface area contributed by atoms with Crippen molar-refractivity contribution in [3.05, 3.63) is 90.0 Å². The maximum absolute atomic E-state index is 12.9. The molecule has 0 aromatic heterocycles. The lowest BCUT2D eigenvalue weighted by atomic mass is 10.2. The Hall–Kier alpha value is -2.67. The van der Waals surface area contributed by atoms with Gasteiger partial charge in [-0.2, -0.15) is 4.31 Å². The second-order valence-electron chi connectivity index (χ2n) is 7.56. The van der Waals surface area contributed by atoms with Crippen molar-refractivity contribution in [2.75, 3.05) is 26.2 Å². The Morgan fingerprint density at radius 2 is 1.47 bits per heavy atom.